The van der Waals surface area contributed by atoms with E-state index in [1.165, 1.54) is 5.56 Å². The number of hydrogen-bond donors (Lipinski definition) is 0. The molecule has 1 aromatic heterocycles. The van der Waals surface area contributed by atoms with Crippen LogP contribution in [0.2, 0.25) is 0 Å². The highest BCUT2D eigenvalue weighted by atomic mass is 16.5. The summed E-state index contributed by atoms with van der Waals surface area (Å²) < 4.78 is 11.1. The fraction of sp³-hybridized carbons (Fsp3) is 0.267. The van der Waals surface area contributed by atoms with Crippen molar-refractivity contribution in [2.45, 2.75) is 13.0 Å². The highest BCUT2D eigenvalue weighted by molar-refractivity contribution is 5.15. The molecule has 0 atom stereocenters. The highest BCUT2D eigenvalue weighted by Crippen LogP contribution is 2.06. The Hall–Kier alpha value is -1.87. The van der Waals surface area contributed by atoms with Gasteiger partial charge in [0.2, 0.25) is 0 Å². The van der Waals surface area contributed by atoms with Crippen LogP contribution in [0, 0.1) is 0 Å². The molecule has 0 saturated carbocycles. The molecule has 1 heterocycles. The molecule has 0 fully saturated rings. The summed E-state index contributed by atoms with van der Waals surface area (Å²) in [6, 6.07) is 13.9. The average Bonchev–Trinajstić information content (AvgIpc) is 2.45. The molecule has 2 rings (SSSR count). The van der Waals surface area contributed by atoms with Gasteiger partial charge in [0.05, 0.1) is 26.0 Å². The van der Waals surface area contributed by atoms with Crippen LogP contribution in [0.15, 0.2) is 54.9 Å². The van der Waals surface area contributed by atoms with Gasteiger partial charge in [-0.2, -0.15) is 0 Å². The van der Waals surface area contributed by atoms with Crippen LogP contribution in [0.3, 0.4) is 0 Å². The van der Waals surface area contributed by atoms with Crippen LogP contribution >= 0.6 is 0 Å². The average molecular weight is 243 g/mol. The quantitative estimate of drug-likeness (QED) is 0.700. The maximum Gasteiger partial charge on any atom is 0.137 e. The predicted octanol–water partition coefficient (Wildman–Crippen LogP) is 3.07. The van der Waals surface area contributed by atoms with Crippen molar-refractivity contribution in [3.63, 3.8) is 0 Å². The van der Waals surface area contributed by atoms with Crippen LogP contribution in [-0.2, 0) is 11.3 Å². The summed E-state index contributed by atoms with van der Waals surface area (Å²) in [7, 11) is 0. The van der Waals surface area contributed by atoms with E-state index >= 15 is 0 Å². The number of pyridine rings is 1. The van der Waals surface area contributed by atoms with Gasteiger partial charge in [0.25, 0.3) is 0 Å². The molecule has 0 radical (unpaired) electrons. The summed E-state index contributed by atoms with van der Waals surface area (Å²) in [5.41, 5.74) is 1.20. The Morgan fingerprint density at radius 1 is 0.944 bits per heavy atom. The van der Waals surface area contributed by atoms with Crippen molar-refractivity contribution in [3.8, 4) is 5.75 Å². The van der Waals surface area contributed by atoms with Gasteiger partial charge in [-0.3, -0.25) is 4.98 Å². The van der Waals surface area contributed by atoms with Gasteiger partial charge >= 0.3 is 0 Å². The Kier molecular flexibility index (Phi) is 5.21. The van der Waals surface area contributed by atoms with Gasteiger partial charge < -0.3 is 9.47 Å². The van der Waals surface area contributed by atoms with E-state index in [1.54, 1.807) is 12.4 Å². The lowest BCUT2D eigenvalue weighted by Gasteiger charge is -2.06. The van der Waals surface area contributed by atoms with Gasteiger partial charge in [0.15, 0.2) is 0 Å². The first-order valence-electron chi connectivity index (χ1n) is 6.09. The Labute approximate surface area is 107 Å². The second-order valence-corrected chi connectivity index (χ2v) is 3.93. The van der Waals surface area contributed by atoms with E-state index in [1.807, 2.05) is 30.3 Å². The number of benzene rings is 1. The van der Waals surface area contributed by atoms with Crippen LogP contribution < -0.4 is 4.74 Å². The summed E-state index contributed by atoms with van der Waals surface area (Å²) >= 11 is 0. The predicted molar refractivity (Wildman–Crippen MR) is 70.4 cm³/mol. The first kappa shape index (κ1) is 12.6. The van der Waals surface area contributed by atoms with E-state index in [9.17, 15) is 0 Å². The molecule has 1 aromatic carbocycles. The van der Waals surface area contributed by atoms with Crippen molar-refractivity contribution in [2.75, 3.05) is 13.2 Å². The Balaban J connectivity index is 1.54. The molecule has 3 heteroatoms. The summed E-state index contributed by atoms with van der Waals surface area (Å²) in [6.07, 6.45) is 4.32. The number of aromatic nitrogens is 1. The van der Waals surface area contributed by atoms with Crippen LogP contribution in [0.25, 0.3) is 0 Å². The molecule has 94 valence electrons. The fourth-order valence-corrected chi connectivity index (χ4v) is 1.55. The molecule has 0 unspecified atom stereocenters. The molecule has 0 aliphatic heterocycles. The molecule has 0 spiro atoms. The molecule has 0 saturated heterocycles. The minimum Gasteiger partial charge on any atom is -0.492 e. The smallest absolute Gasteiger partial charge is 0.137 e. The lowest BCUT2D eigenvalue weighted by Crippen LogP contribution is -2.03. The van der Waals surface area contributed by atoms with E-state index in [4.69, 9.17) is 9.47 Å². The maximum atomic E-state index is 5.56. The zero-order valence-electron chi connectivity index (χ0n) is 10.3. The number of nitrogens with zero attached hydrogens (tertiary/aromatic N) is 1. The molecule has 0 aliphatic rings. The minimum atomic E-state index is 0.653. The molecular formula is C15H17NO2. The SMILES string of the molecule is c1ccc(COCCCOc2cccnc2)cc1. The normalized spacial score (nSPS) is 10.2. The van der Waals surface area contributed by atoms with Crippen molar-refractivity contribution >= 4 is 0 Å². The van der Waals surface area contributed by atoms with E-state index in [0.717, 1.165) is 12.2 Å². The monoisotopic (exact) mass is 243 g/mol. The Morgan fingerprint density at radius 3 is 2.61 bits per heavy atom. The van der Waals surface area contributed by atoms with Crippen molar-refractivity contribution < 1.29 is 9.47 Å². The molecule has 0 aliphatic carbocycles. The van der Waals surface area contributed by atoms with E-state index in [2.05, 4.69) is 17.1 Å². The van der Waals surface area contributed by atoms with E-state index in [-0.39, 0.29) is 0 Å². The lowest BCUT2D eigenvalue weighted by atomic mass is 10.2. The summed E-state index contributed by atoms with van der Waals surface area (Å²) in [6.45, 7) is 2.02. The Bertz CT molecular complexity index is 387. The second kappa shape index (κ2) is 7.45. The highest BCUT2D eigenvalue weighted by Gasteiger charge is 1.94. The van der Waals surface area contributed by atoms with Gasteiger partial charge in [0, 0.05) is 12.6 Å². The number of hydrogen-bond acceptors (Lipinski definition) is 3. The van der Waals surface area contributed by atoms with Crippen LogP contribution in [-0.4, -0.2) is 18.2 Å². The molecule has 0 N–H and O–H groups in total. The van der Waals surface area contributed by atoms with Gasteiger partial charge in [-0.1, -0.05) is 30.3 Å². The zero-order valence-corrected chi connectivity index (χ0v) is 10.3. The topological polar surface area (TPSA) is 31.4 Å². The number of rotatable bonds is 7. The largest absolute Gasteiger partial charge is 0.492 e. The van der Waals surface area contributed by atoms with E-state index < -0.39 is 0 Å². The lowest BCUT2D eigenvalue weighted by molar-refractivity contribution is 0.107. The van der Waals surface area contributed by atoms with Gasteiger partial charge in [0.1, 0.15) is 5.75 Å². The molecule has 0 bridgehead atoms. The van der Waals surface area contributed by atoms with Gasteiger partial charge in [-0.15, -0.1) is 0 Å². The first-order chi connectivity index (χ1) is 8.95. The molecular weight excluding hydrogens is 226 g/mol. The van der Waals surface area contributed by atoms with E-state index in [0.29, 0.717) is 19.8 Å². The molecule has 18 heavy (non-hydrogen) atoms. The third-order valence-corrected chi connectivity index (χ3v) is 2.45. The summed E-state index contributed by atoms with van der Waals surface area (Å²) in [5.74, 6) is 0.806. The molecule has 3 nitrogen and oxygen atoms in total. The standard InChI is InChI=1S/C15H17NO2/c1-2-6-14(7-3-1)13-17-10-5-11-18-15-8-4-9-16-12-15/h1-4,6-9,12H,5,10-11,13H2. The third-order valence-electron chi connectivity index (χ3n) is 2.45. The fourth-order valence-electron chi connectivity index (χ4n) is 1.55. The van der Waals surface area contributed by atoms with Crippen LogP contribution in [0.1, 0.15) is 12.0 Å². The van der Waals surface area contributed by atoms with Crippen molar-refractivity contribution in [1.29, 1.82) is 0 Å². The summed E-state index contributed by atoms with van der Waals surface area (Å²) in [4.78, 5) is 3.98. The number of ether oxygens (including phenoxy) is 2. The maximum absolute atomic E-state index is 5.56. The Morgan fingerprint density at radius 2 is 1.83 bits per heavy atom. The zero-order chi connectivity index (χ0) is 12.5. The first-order valence-corrected chi connectivity index (χ1v) is 6.09. The molecule has 2 aromatic rings. The van der Waals surface area contributed by atoms with Crippen LogP contribution in [0.5, 0.6) is 5.75 Å². The second-order valence-electron chi connectivity index (χ2n) is 3.93. The molecule has 0 amide bonds. The van der Waals surface area contributed by atoms with Gasteiger partial charge in [-0.25, -0.2) is 0 Å². The van der Waals surface area contributed by atoms with Crippen molar-refractivity contribution in [3.05, 3.63) is 60.4 Å². The minimum absolute atomic E-state index is 0.653. The summed E-state index contributed by atoms with van der Waals surface area (Å²) in [5, 5.41) is 0. The third kappa shape index (κ3) is 4.55. The van der Waals surface area contributed by atoms with Crippen molar-refractivity contribution in [2.24, 2.45) is 0 Å². The van der Waals surface area contributed by atoms with Crippen molar-refractivity contribution in [1.82, 2.24) is 4.98 Å². The van der Waals surface area contributed by atoms with Crippen LogP contribution in [0.4, 0.5) is 0 Å². The van der Waals surface area contributed by atoms with Gasteiger partial charge in [-0.05, 0) is 17.7 Å².